The second-order valence-corrected chi connectivity index (χ2v) is 4.43. The average Bonchev–Trinajstić information content (AvgIpc) is 2.26. The first-order valence-electron chi connectivity index (χ1n) is 5.19. The summed E-state index contributed by atoms with van der Waals surface area (Å²) >= 11 is 3.36. The number of aliphatic hydroxyl groups is 1. The summed E-state index contributed by atoms with van der Waals surface area (Å²) in [6.45, 7) is 2.29. The second kappa shape index (κ2) is 6.57. The van der Waals surface area contributed by atoms with Crippen LogP contribution >= 0.6 is 15.9 Å². The third-order valence-corrected chi connectivity index (χ3v) is 2.64. The van der Waals surface area contributed by atoms with Crippen molar-refractivity contribution in [2.75, 3.05) is 6.61 Å². The molecule has 0 radical (unpaired) electrons. The molecule has 1 aromatic rings. The van der Waals surface area contributed by atoms with Crippen molar-refractivity contribution in [2.45, 2.75) is 25.9 Å². The Bertz CT molecular complexity index is 380. The van der Waals surface area contributed by atoms with Crippen molar-refractivity contribution < 1.29 is 9.84 Å². The van der Waals surface area contributed by atoms with Gasteiger partial charge in [-0.15, -0.1) is 12.3 Å². The molecule has 0 aliphatic carbocycles. The van der Waals surface area contributed by atoms with E-state index in [-0.39, 0.29) is 0 Å². The first kappa shape index (κ1) is 13.1. The van der Waals surface area contributed by atoms with Gasteiger partial charge in [0.25, 0.3) is 0 Å². The predicted molar refractivity (Wildman–Crippen MR) is 68.3 cm³/mol. The van der Waals surface area contributed by atoms with Crippen LogP contribution in [0.4, 0.5) is 0 Å². The zero-order valence-electron chi connectivity index (χ0n) is 9.24. The fourth-order valence-corrected chi connectivity index (χ4v) is 1.71. The maximum absolute atomic E-state index is 9.60. The van der Waals surface area contributed by atoms with E-state index >= 15 is 0 Å². The molecular formula is C13H15BrO2. The van der Waals surface area contributed by atoms with Crippen LogP contribution in [0.1, 0.15) is 31.4 Å². The largest absolute Gasteiger partial charge is 0.493 e. The molecule has 0 heterocycles. The number of unbranched alkanes of at least 4 members (excludes halogenated alkanes) is 1. The number of hydrogen-bond acceptors (Lipinski definition) is 2. The number of aliphatic hydroxyl groups excluding tert-OH is 1. The van der Waals surface area contributed by atoms with Gasteiger partial charge in [0, 0.05) is 16.5 Å². The molecule has 1 rings (SSSR count). The summed E-state index contributed by atoms with van der Waals surface area (Å²) in [4.78, 5) is 0. The molecule has 0 amide bonds. The molecule has 3 heteroatoms. The predicted octanol–water partition coefficient (Wildman–Crippen LogP) is 3.29. The maximum Gasteiger partial charge on any atom is 0.125 e. The van der Waals surface area contributed by atoms with Crippen LogP contribution in [0, 0.1) is 12.3 Å². The highest BCUT2D eigenvalue weighted by Gasteiger charge is 2.09. The van der Waals surface area contributed by atoms with Crippen LogP contribution in [0.5, 0.6) is 5.75 Å². The van der Waals surface area contributed by atoms with Gasteiger partial charge in [-0.2, -0.15) is 0 Å². The lowest BCUT2D eigenvalue weighted by atomic mass is 10.1. The number of rotatable bonds is 5. The van der Waals surface area contributed by atoms with Gasteiger partial charge in [-0.1, -0.05) is 15.9 Å². The minimum Gasteiger partial charge on any atom is -0.493 e. The molecular weight excluding hydrogens is 268 g/mol. The highest BCUT2D eigenvalue weighted by atomic mass is 79.9. The van der Waals surface area contributed by atoms with Crippen molar-refractivity contribution >= 4 is 15.9 Å². The van der Waals surface area contributed by atoms with Gasteiger partial charge in [0.15, 0.2) is 0 Å². The second-order valence-electron chi connectivity index (χ2n) is 3.51. The molecule has 1 aromatic carbocycles. The Labute approximate surface area is 105 Å². The molecule has 0 spiro atoms. The first-order valence-corrected chi connectivity index (χ1v) is 5.98. The van der Waals surface area contributed by atoms with E-state index in [1.165, 1.54) is 0 Å². The number of ether oxygens (including phenoxy) is 1. The summed E-state index contributed by atoms with van der Waals surface area (Å²) in [6.07, 6.45) is 6.15. The molecule has 0 unspecified atom stereocenters. The lowest BCUT2D eigenvalue weighted by Crippen LogP contribution is -2.02. The van der Waals surface area contributed by atoms with E-state index in [1.807, 2.05) is 18.2 Å². The maximum atomic E-state index is 9.60. The Balaban J connectivity index is 2.68. The molecule has 16 heavy (non-hydrogen) atoms. The molecule has 0 bridgehead atoms. The molecule has 0 saturated carbocycles. The van der Waals surface area contributed by atoms with E-state index in [1.54, 1.807) is 6.92 Å². The standard InChI is InChI=1S/C13H15BrO2/c1-3-4-5-8-16-13-7-6-11(14)9-12(13)10(2)15/h1,6-7,9-10,15H,4-5,8H2,2H3/t10-/m0/s1. The van der Waals surface area contributed by atoms with Crippen LogP contribution in [0.2, 0.25) is 0 Å². The van der Waals surface area contributed by atoms with Gasteiger partial charge in [0.1, 0.15) is 5.75 Å². The lowest BCUT2D eigenvalue weighted by Gasteiger charge is -2.13. The molecule has 0 saturated heterocycles. The Morgan fingerprint density at radius 1 is 1.56 bits per heavy atom. The molecule has 0 aromatic heterocycles. The normalized spacial score (nSPS) is 11.9. The van der Waals surface area contributed by atoms with Crippen LogP contribution in [0.15, 0.2) is 22.7 Å². The molecule has 1 N–H and O–H groups in total. The minimum absolute atomic E-state index is 0.542. The molecule has 0 aliphatic rings. The van der Waals surface area contributed by atoms with Crippen molar-refractivity contribution in [3.8, 4) is 18.1 Å². The van der Waals surface area contributed by atoms with Crippen molar-refractivity contribution in [2.24, 2.45) is 0 Å². The van der Waals surface area contributed by atoms with Gasteiger partial charge in [-0.3, -0.25) is 0 Å². The van der Waals surface area contributed by atoms with Crippen molar-refractivity contribution in [1.82, 2.24) is 0 Å². The lowest BCUT2D eigenvalue weighted by molar-refractivity contribution is 0.191. The molecule has 0 aliphatic heterocycles. The monoisotopic (exact) mass is 282 g/mol. The Kier molecular flexibility index (Phi) is 5.37. The van der Waals surface area contributed by atoms with Gasteiger partial charge in [0.2, 0.25) is 0 Å². The zero-order valence-corrected chi connectivity index (χ0v) is 10.8. The van der Waals surface area contributed by atoms with E-state index in [9.17, 15) is 5.11 Å². The fraction of sp³-hybridized carbons (Fsp3) is 0.385. The van der Waals surface area contributed by atoms with Gasteiger partial charge in [-0.05, 0) is 31.5 Å². The van der Waals surface area contributed by atoms with Gasteiger partial charge >= 0.3 is 0 Å². The molecule has 86 valence electrons. The highest BCUT2D eigenvalue weighted by molar-refractivity contribution is 9.10. The van der Waals surface area contributed by atoms with E-state index in [2.05, 4.69) is 21.9 Å². The Hall–Kier alpha value is -0.980. The highest BCUT2D eigenvalue weighted by Crippen LogP contribution is 2.28. The number of terminal acetylenes is 1. The number of hydrogen-bond donors (Lipinski definition) is 1. The van der Waals surface area contributed by atoms with Crippen LogP contribution in [0.25, 0.3) is 0 Å². The number of benzene rings is 1. The smallest absolute Gasteiger partial charge is 0.125 e. The van der Waals surface area contributed by atoms with Crippen LogP contribution in [-0.4, -0.2) is 11.7 Å². The summed E-state index contributed by atoms with van der Waals surface area (Å²) in [5, 5.41) is 9.60. The van der Waals surface area contributed by atoms with Gasteiger partial charge < -0.3 is 9.84 Å². The average molecular weight is 283 g/mol. The third kappa shape index (κ3) is 3.88. The summed E-state index contributed by atoms with van der Waals surface area (Å²) in [6, 6.07) is 5.60. The zero-order chi connectivity index (χ0) is 12.0. The summed E-state index contributed by atoms with van der Waals surface area (Å²) in [5.74, 6) is 3.28. The summed E-state index contributed by atoms with van der Waals surface area (Å²) in [7, 11) is 0. The topological polar surface area (TPSA) is 29.5 Å². The third-order valence-electron chi connectivity index (χ3n) is 2.14. The van der Waals surface area contributed by atoms with Crippen molar-refractivity contribution in [1.29, 1.82) is 0 Å². The summed E-state index contributed by atoms with van der Waals surface area (Å²) < 4.78 is 6.51. The SMILES string of the molecule is C#CCCCOc1ccc(Br)cc1[C@H](C)O. The first-order chi connectivity index (χ1) is 7.65. The van der Waals surface area contributed by atoms with Crippen LogP contribution in [-0.2, 0) is 0 Å². The minimum atomic E-state index is -0.542. The Morgan fingerprint density at radius 2 is 2.31 bits per heavy atom. The molecule has 1 atom stereocenters. The quantitative estimate of drug-likeness (QED) is 0.663. The molecule has 2 nitrogen and oxygen atoms in total. The van der Waals surface area contributed by atoms with E-state index < -0.39 is 6.10 Å². The number of halogens is 1. The summed E-state index contributed by atoms with van der Waals surface area (Å²) in [5.41, 5.74) is 0.787. The fourth-order valence-electron chi connectivity index (χ4n) is 1.33. The van der Waals surface area contributed by atoms with E-state index in [0.717, 1.165) is 22.2 Å². The van der Waals surface area contributed by atoms with Crippen molar-refractivity contribution in [3.05, 3.63) is 28.2 Å². The van der Waals surface area contributed by atoms with Crippen LogP contribution < -0.4 is 4.74 Å². The van der Waals surface area contributed by atoms with Crippen molar-refractivity contribution in [3.63, 3.8) is 0 Å². The Morgan fingerprint density at radius 3 is 2.94 bits per heavy atom. The molecule has 0 fully saturated rings. The van der Waals surface area contributed by atoms with Gasteiger partial charge in [0.05, 0.1) is 12.7 Å². The van der Waals surface area contributed by atoms with E-state index in [0.29, 0.717) is 13.0 Å². The van der Waals surface area contributed by atoms with Crippen LogP contribution in [0.3, 0.4) is 0 Å². The van der Waals surface area contributed by atoms with E-state index in [4.69, 9.17) is 11.2 Å². The van der Waals surface area contributed by atoms with Gasteiger partial charge in [-0.25, -0.2) is 0 Å².